The van der Waals surface area contributed by atoms with Gasteiger partial charge in [0.25, 0.3) is 0 Å². The largest absolute Gasteiger partial charge is 0.480 e. The van der Waals surface area contributed by atoms with Gasteiger partial charge in [0.05, 0.1) is 13.2 Å². The van der Waals surface area contributed by atoms with Gasteiger partial charge in [0.2, 0.25) is 0 Å². The number of hydrogen-bond donors (Lipinski definition) is 2. The Morgan fingerprint density at radius 3 is 2.37 bits per heavy atom. The molecular weight excluding hydrogens is 244 g/mol. The molecule has 0 atom stereocenters. The number of benzene rings is 1. The van der Waals surface area contributed by atoms with Gasteiger partial charge in [-0.15, -0.1) is 0 Å². The number of rotatable bonds is 8. The quantitative estimate of drug-likeness (QED) is 0.735. The smallest absolute Gasteiger partial charge is 0.317 e. The van der Waals surface area contributed by atoms with E-state index in [1.54, 1.807) is 11.9 Å². The molecule has 2 N–H and O–H groups in total. The van der Waals surface area contributed by atoms with E-state index < -0.39 is 5.97 Å². The number of hydrogen-bond acceptors (Lipinski definition) is 4. The first-order chi connectivity index (χ1) is 9.06. The minimum Gasteiger partial charge on any atom is -0.480 e. The van der Waals surface area contributed by atoms with Crippen LogP contribution < -0.4 is 4.90 Å². The molecule has 0 radical (unpaired) electrons. The van der Waals surface area contributed by atoms with E-state index in [1.807, 2.05) is 31.2 Å². The zero-order chi connectivity index (χ0) is 14.3. The van der Waals surface area contributed by atoms with Crippen LogP contribution in [-0.4, -0.2) is 54.4 Å². The van der Waals surface area contributed by atoms with Crippen molar-refractivity contribution in [2.75, 3.05) is 38.2 Å². The maximum absolute atomic E-state index is 10.6. The Balaban J connectivity index is 2.62. The zero-order valence-corrected chi connectivity index (χ0v) is 11.5. The molecule has 0 aliphatic rings. The first kappa shape index (κ1) is 15.5. The third-order valence-corrected chi connectivity index (χ3v) is 2.91. The maximum Gasteiger partial charge on any atom is 0.317 e. The highest BCUT2D eigenvalue weighted by Gasteiger charge is 2.06. The predicted molar refractivity (Wildman–Crippen MR) is 75.4 cm³/mol. The molecule has 0 spiro atoms. The Hall–Kier alpha value is -1.59. The van der Waals surface area contributed by atoms with E-state index in [0.717, 1.165) is 17.8 Å². The molecule has 0 saturated heterocycles. The van der Waals surface area contributed by atoms with Gasteiger partial charge in [-0.1, -0.05) is 12.1 Å². The van der Waals surface area contributed by atoms with Crippen molar-refractivity contribution in [3.63, 3.8) is 0 Å². The van der Waals surface area contributed by atoms with Crippen molar-refractivity contribution in [1.29, 1.82) is 0 Å². The summed E-state index contributed by atoms with van der Waals surface area (Å²) in [6, 6.07) is 7.99. The molecule has 106 valence electrons. The summed E-state index contributed by atoms with van der Waals surface area (Å²) in [4.78, 5) is 14.4. The van der Waals surface area contributed by atoms with Gasteiger partial charge in [-0.3, -0.25) is 9.69 Å². The van der Waals surface area contributed by atoms with Crippen molar-refractivity contribution in [1.82, 2.24) is 4.90 Å². The Morgan fingerprint density at radius 1 is 1.26 bits per heavy atom. The molecule has 19 heavy (non-hydrogen) atoms. The van der Waals surface area contributed by atoms with Crippen LogP contribution >= 0.6 is 0 Å². The van der Waals surface area contributed by atoms with Gasteiger partial charge in [0.1, 0.15) is 0 Å². The molecule has 0 aliphatic carbocycles. The summed E-state index contributed by atoms with van der Waals surface area (Å²) in [5, 5.41) is 17.7. The Bertz CT molecular complexity index is 392. The summed E-state index contributed by atoms with van der Waals surface area (Å²) in [5.41, 5.74) is 2.15. The number of likely N-dealkylation sites (N-methyl/N-ethyl adjacent to an activating group) is 2. The highest BCUT2D eigenvalue weighted by molar-refractivity contribution is 5.69. The minimum absolute atomic E-state index is 0.0351. The molecule has 0 fully saturated rings. The normalized spacial score (nSPS) is 10.7. The SMILES string of the molecule is CCN(CCO)c1ccc(CN(C)CC(=O)O)cc1. The fourth-order valence-electron chi connectivity index (χ4n) is 2.00. The first-order valence-corrected chi connectivity index (χ1v) is 6.42. The molecule has 0 bridgehead atoms. The summed E-state index contributed by atoms with van der Waals surface area (Å²) < 4.78 is 0. The van der Waals surface area contributed by atoms with Crippen molar-refractivity contribution >= 4 is 11.7 Å². The van der Waals surface area contributed by atoms with E-state index in [-0.39, 0.29) is 13.2 Å². The molecule has 0 heterocycles. The first-order valence-electron chi connectivity index (χ1n) is 6.42. The molecule has 0 aromatic heterocycles. The fourth-order valence-corrected chi connectivity index (χ4v) is 2.00. The molecular formula is C14H22N2O3. The van der Waals surface area contributed by atoms with Crippen LogP contribution in [0.2, 0.25) is 0 Å². The second kappa shape index (κ2) is 7.76. The standard InChI is InChI=1S/C14H22N2O3/c1-3-16(8-9-17)13-6-4-12(5-7-13)10-15(2)11-14(18)19/h4-7,17H,3,8-11H2,1-2H3,(H,18,19). The average Bonchev–Trinajstić information content (AvgIpc) is 2.36. The van der Waals surface area contributed by atoms with Crippen molar-refractivity contribution in [3.8, 4) is 0 Å². The van der Waals surface area contributed by atoms with Gasteiger partial charge in [-0.25, -0.2) is 0 Å². The summed E-state index contributed by atoms with van der Waals surface area (Å²) in [6.45, 7) is 4.29. The van der Waals surface area contributed by atoms with Crippen molar-refractivity contribution in [2.24, 2.45) is 0 Å². The van der Waals surface area contributed by atoms with Crippen LogP contribution in [-0.2, 0) is 11.3 Å². The molecule has 5 nitrogen and oxygen atoms in total. The monoisotopic (exact) mass is 266 g/mol. The van der Waals surface area contributed by atoms with Crippen LogP contribution in [0.3, 0.4) is 0 Å². The van der Waals surface area contributed by atoms with E-state index >= 15 is 0 Å². The van der Waals surface area contributed by atoms with E-state index in [4.69, 9.17) is 10.2 Å². The number of nitrogens with zero attached hydrogens (tertiary/aromatic N) is 2. The van der Waals surface area contributed by atoms with E-state index in [9.17, 15) is 4.79 Å². The average molecular weight is 266 g/mol. The number of carboxylic acid groups (broad SMARTS) is 1. The predicted octanol–water partition coefficient (Wildman–Crippen LogP) is 1.02. The van der Waals surface area contributed by atoms with Gasteiger partial charge >= 0.3 is 5.97 Å². The molecule has 0 saturated carbocycles. The van der Waals surface area contributed by atoms with Crippen molar-refractivity contribution in [3.05, 3.63) is 29.8 Å². The maximum atomic E-state index is 10.6. The highest BCUT2D eigenvalue weighted by Crippen LogP contribution is 2.15. The molecule has 0 aliphatic heterocycles. The molecule has 1 aromatic carbocycles. The highest BCUT2D eigenvalue weighted by atomic mass is 16.4. The van der Waals surface area contributed by atoms with E-state index in [2.05, 4.69) is 4.90 Å². The number of aliphatic hydroxyl groups excluding tert-OH is 1. The summed E-state index contributed by atoms with van der Waals surface area (Å²) in [5.74, 6) is -0.820. The van der Waals surface area contributed by atoms with Gasteiger partial charge in [-0.05, 0) is 31.7 Å². The number of anilines is 1. The lowest BCUT2D eigenvalue weighted by Gasteiger charge is -2.22. The second-order valence-corrected chi connectivity index (χ2v) is 4.54. The van der Waals surface area contributed by atoms with Crippen LogP contribution in [0.25, 0.3) is 0 Å². The molecule has 1 rings (SSSR count). The van der Waals surface area contributed by atoms with Crippen LogP contribution in [0, 0.1) is 0 Å². The third-order valence-electron chi connectivity index (χ3n) is 2.91. The van der Waals surface area contributed by atoms with Crippen molar-refractivity contribution in [2.45, 2.75) is 13.5 Å². The zero-order valence-electron chi connectivity index (χ0n) is 11.5. The number of carboxylic acids is 1. The van der Waals surface area contributed by atoms with Crippen LogP contribution in [0.15, 0.2) is 24.3 Å². The fraction of sp³-hybridized carbons (Fsp3) is 0.500. The van der Waals surface area contributed by atoms with Crippen LogP contribution in [0.5, 0.6) is 0 Å². The number of carbonyl (C=O) groups is 1. The van der Waals surface area contributed by atoms with Crippen LogP contribution in [0.4, 0.5) is 5.69 Å². The summed E-state index contributed by atoms with van der Waals surface area (Å²) in [7, 11) is 1.78. The number of aliphatic carboxylic acids is 1. The lowest BCUT2D eigenvalue weighted by Crippen LogP contribution is -2.26. The summed E-state index contributed by atoms with van der Waals surface area (Å²) in [6.07, 6.45) is 0. The Morgan fingerprint density at radius 2 is 1.89 bits per heavy atom. The minimum atomic E-state index is -0.820. The lowest BCUT2D eigenvalue weighted by molar-refractivity contribution is -0.138. The molecule has 5 heteroatoms. The van der Waals surface area contributed by atoms with Crippen LogP contribution in [0.1, 0.15) is 12.5 Å². The Kier molecular flexibility index (Phi) is 6.32. The molecule has 0 unspecified atom stereocenters. The molecule has 0 amide bonds. The van der Waals surface area contributed by atoms with E-state index in [0.29, 0.717) is 13.1 Å². The summed E-state index contributed by atoms with van der Waals surface area (Å²) >= 11 is 0. The topological polar surface area (TPSA) is 64.0 Å². The van der Waals surface area contributed by atoms with Crippen molar-refractivity contribution < 1.29 is 15.0 Å². The lowest BCUT2D eigenvalue weighted by atomic mass is 10.2. The number of aliphatic hydroxyl groups is 1. The Labute approximate surface area is 114 Å². The second-order valence-electron chi connectivity index (χ2n) is 4.54. The molecule has 1 aromatic rings. The van der Waals surface area contributed by atoms with Gasteiger partial charge in [0, 0.05) is 25.3 Å². The van der Waals surface area contributed by atoms with Gasteiger partial charge in [-0.2, -0.15) is 0 Å². The van der Waals surface area contributed by atoms with Gasteiger partial charge < -0.3 is 15.1 Å². The van der Waals surface area contributed by atoms with E-state index in [1.165, 1.54) is 0 Å². The van der Waals surface area contributed by atoms with Gasteiger partial charge in [0.15, 0.2) is 0 Å². The third kappa shape index (κ3) is 5.28.